The number of thioether (sulfide) groups is 1. The van der Waals surface area contributed by atoms with Crippen LogP contribution in [0.1, 0.15) is 45.8 Å². The molecule has 0 saturated carbocycles. The second-order valence-electron chi connectivity index (χ2n) is 5.53. The van der Waals surface area contributed by atoms with Gasteiger partial charge in [-0.1, -0.05) is 36.8 Å². The summed E-state index contributed by atoms with van der Waals surface area (Å²) >= 11 is 1.36. The van der Waals surface area contributed by atoms with Gasteiger partial charge in [0.15, 0.2) is 5.12 Å². The van der Waals surface area contributed by atoms with E-state index in [4.69, 9.17) is 4.42 Å². The van der Waals surface area contributed by atoms with E-state index in [0.29, 0.717) is 12.2 Å². The van der Waals surface area contributed by atoms with Crippen LogP contribution in [0, 0.1) is 5.41 Å². The topological polar surface area (TPSA) is 30.2 Å². The van der Waals surface area contributed by atoms with E-state index in [1.54, 1.807) is 6.26 Å². The van der Waals surface area contributed by atoms with Crippen molar-refractivity contribution < 1.29 is 9.21 Å². The van der Waals surface area contributed by atoms with Gasteiger partial charge in [0.2, 0.25) is 0 Å². The molecule has 0 N–H and O–H groups in total. The Bertz CT molecular complexity index is 455. The third-order valence-electron chi connectivity index (χ3n) is 3.91. The third-order valence-corrected chi connectivity index (χ3v) is 4.81. The highest BCUT2D eigenvalue weighted by Gasteiger charge is 2.29. The van der Waals surface area contributed by atoms with E-state index < -0.39 is 0 Å². The van der Waals surface area contributed by atoms with Gasteiger partial charge in [0, 0.05) is 6.42 Å². The molecular formula is C15H20O2S. The molecule has 1 aromatic rings. The Kier molecular flexibility index (Phi) is 4.00. The summed E-state index contributed by atoms with van der Waals surface area (Å²) in [5.41, 5.74) is 3.03. The van der Waals surface area contributed by atoms with E-state index in [1.807, 2.05) is 12.1 Å². The highest BCUT2D eigenvalue weighted by atomic mass is 32.2. The van der Waals surface area contributed by atoms with Crippen molar-refractivity contribution in [2.24, 2.45) is 5.41 Å². The zero-order chi connectivity index (χ0) is 13.2. The van der Waals surface area contributed by atoms with Crippen LogP contribution in [0.2, 0.25) is 0 Å². The number of hydrogen-bond donors (Lipinski definition) is 0. The zero-order valence-corrected chi connectivity index (χ0v) is 12.1. The van der Waals surface area contributed by atoms with E-state index in [-0.39, 0.29) is 10.5 Å². The summed E-state index contributed by atoms with van der Waals surface area (Å²) in [6.07, 6.45) is 4.49. The first-order valence-corrected chi connectivity index (χ1v) is 7.35. The molecule has 1 aromatic heterocycles. The average molecular weight is 264 g/mol. The Labute approximate surface area is 113 Å². The zero-order valence-electron chi connectivity index (χ0n) is 11.3. The predicted octanol–water partition coefficient (Wildman–Crippen LogP) is 4.57. The first kappa shape index (κ1) is 13.5. The lowest BCUT2D eigenvalue weighted by atomic mass is 9.86. The molecular weight excluding hydrogens is 244 g/mol. The normalized spacial score (nSPS) is 18.4. The van der Waals surface area contributed by atoms with E-state index in [2.05, 4.69) is 20.8 Å². The molecule has 0 saturated heterocycles. The summed E-state index contributed by atoms with van der Waals surface area (Å²) in [6.45, 7) is 6.69. The van der Waals surface area contributed by atoms with Crippen LogP contribution in [-0.2, 0) is 10.5 Å². The highest BCUT2D eigenvalue weighted by Crippen LogP contribution is 2.43. The van der Waals surface area contributed by atoms with Crippen LogP contribution in [0.4, 0.5) is 0 Å². The quantitative estimate of drug-likeness (QED) is 0.746. The van der Waals surface area contributed by atoms with Gasteiger partial charge in [-0.15, -0.1) is 0 Å². The van der Waals surface area contributed by atoms with E-state index in [9.17, 15) is 4.79 Å². The fourth-order valence-corrected chi connectivity index (χ4v) is 3.05. The molecule has 0 atom stereocenters. The number of carbonyl (C=O) groups is 1. The number of furan rings is 1. The minimum atomic E-state index is 0.249. The lowest BCUT2D eigenvalue weighted by molar-refractivity contribution is -0.110. The molecule has 2 nitrogen and oxygen atoms in total. The van der Waals surface area contributed by atoms with Gasteiger partial charge in [0.25, 0.3) is 0 Å². The predicted molar refractivity (Wildman–Crippen MR) is 75.3 cm³/mol. The van der Waals surface area contributed by atoms with Crippen molar-refractivity contribution in [2.45, 2.75) is 45.8 Å². The molecule has 0 spiro atoms. The summed E-state index contributed by atoms with van der Waals surface area (Å²) in [5, 5.41) is 0.249. The SMILES string of the molecule is CC1=C(CC(=O)SCc2ccco2)CCC1(C)C. The maximum Gasteiger partial charge on any atom is 0.193 e. The van der Waals surface area contributed by atoms with Crippen LogP contribution in [0.25, 0.3) is 0 Å². The average Bonchev–Trinajstić information content (AvgIpc) is 2.91. The summed E-state index contributed by atoms with van der Waals surface area (Å²) in [5.74, 6) is 1.51. The third kappa shape index (κ3) is 3.08. The summed E-state index contributed by atoms with van der Waals surface area (Å²) in [6, 6.07) is 3.76. The monoisotopic (exact) mass is 264 g/mol. The molecule has 3 heteroatoms. The van der Waals surface area contributed by atoms with Crippen molar-refractivity contribution >= 4 is 16.9 Å². The first-order valence-electron chi connectivity index (χ1n) is 6.36. The molecule has 0 aromatic carbocycles. The molecule has 2 rings (SSSR count). The van der Waals surface area contributed by atoms with Crippen LogP contribution in [0.15, 0.2) is 34.0 Å². The van der Waals surface area contributed by atoms with Gasteiger partial charge in [-0.05, 0) is 37.3 Å². The van der Waals surface area contributed by atoms with Gasteiger partial charge < -0.3 is 4.42 Å². The lowest BCUT2D eigenvalue weighted by Crippen LogP contribution is -2.07. The van der Waals surface area contributed by atoms with Gasteiger partial charge >= 0.3 is 0 Å². The summed E-state index contributed by atoms with van der Waals surface area (Å²) in [4.78, 5) is 11.9. The largest absolute Gasteiger partial charge is 0.468 e. The standard InChI is InChI=1S/C15H20O2S/c1-11-12(6-7-15(11,2)3)9-14(16)18-10-13-5-4-8-17-13/h4-5,8H,6-7,9-10H2,1-3H3. The summed E-state index contributed by atoms with van der Waals surface area (Å²) in [7, 11) is 0. The second kappa shape index (κ2) is 5.35. The van der Waals surface area contributed by atoms with Gasteiger partial charge in [0.05, 0.1) is 12.0 Å². The number of hydrogen-bond acceptors (Lipinski definition) is 3. The Morgan fingerprint density at radius 2 is 2.28 bits per heavy atom. The lowest BCUT2D eigenvalue weighted by Gasteiger charge is -2.19. The Balaban J connectivity index is 1.87. The molecule has 0 radical (unpaired) electrons. The van der Waals surface area contributed by atoms with Crippen molar-refractivity contribution in [3.63, 3.8) is 0 Å². The van der Waals surface area contributed by atoms with E-state index in [1.165, 1.54) is 29.3 Å². The molecule has 1 heterocycles. The molecule has 1 aliphatic rings. The van der Waals surface area contributed by atoms with E-state index in [0.717, 1.165) is 12.2 Å². The number of rotatable bonds is 4. The van der Waals surface area contributed by atoms with Crippen molar-refractivity contribution in [3.05, 3.63) is 35.3 Å². The number of allylic oxidation sites excluding steroid dienone is 2. The molecule has 0 unspecified atom stereocenters. The molecule has 1 aliphatic carbocycles. The maximum absolute atomic E-state index is 11.9. The van der Waals surface area contributed by atoms with Crippen LogP contribution < -0.4 is 0 Å². The first-order chi connectivity index (χ1) is 8.49. The van der Waals surface area contributed by atoms with Gasteiger partial charge in [0.1, 0.15) is 5.76 Å². The Morgan fingerprint density at radius 1 is 1.50 bits per heavy atom. The second-order valence-corrected chi connectivity index (χ2v) is 6.56. The van der Waals surface area contributed by atoms with Gasteiger partial charge in [-0.3, -0.25) is 4.79 Å². The van der Waals surface area contributed by atoms with Crippen molar-refractivity contribution in [1.29, 1.82) is 0 Å². The maximum atomic E-state index is 11.9. The van der Waals surface area contributed by atoms with Crippen molar-refractivity contribution in [2.75, 3.05) is 0 Å². The molecule has 0 fully saturated rings. The smallest absolute Gasteiger partial charge is 0.193 e. The van der Waals surface area contributed by atoms with Crippen molar-refractivity contribution in [3.8, 4) is 0 Å². The highest BCUT2D eigenvalue weighted by molar-refractivity contribution is 8.12. The molecule has 0 bridgehead atoms. The van der Waals surface area contributed by atoms with Crippen LogP contribution in [-0.4, -0.2) is 5.12 Å². The summed E-state index contributed by atoms with van der Waals surface area (Å²) < 4.78 is 5.22. The minimum absolute atomic E-state index is 0.249. The molecule has 0 aliphatic heterocycles. The van der Waals surface area contributed by atoms with E-state index >= 15 is 0 Å². The van der Waals surface area contributed by atoms with Crippen LogP contribution in [0.5, 0.6) is 0 Å². The fourth-order valence-electron chi connectivity index (χ4n) is 2.31. The Hall–Kier alpha value is -0.960. The Morgan fingerprint density at radius 3 is 2.83 bits per heavy atom. The molecule has 18 heavy (non-hydrogen) atoms. The molecule has 98 valence electrons. The van der Waals surface area contributed by atoms with Gasteiger partial charge in [-0.25, -0.2) is 0 Å². The van der Waals surface area contributed by atoms with Crippen LogP contribution in [0.3, 0.4) is 0 Å². The minimum Gasteiger partial charge on any atom is -0.468 e. The fraction of sp³-hybridized carbons (Fsp3) is 0.533. The van der Waals surface area contributed by atoms with Gasteiger partial charge in [-0.2, -0.15) is 0 Å². The van der Waals surface area contributed by atoms with Crippen LogP contribution >= 0.6 is 11.8 Å². The van der Waals surface area contributed by atoms with Crippen molar-refractivity contribution in [1.82, 2.24) is 0 Å². The number of carbonyl (C=O) groups excluding carboxylic acids is 1. The molecule has 0 amide bonds.